The van der Waals surface area contributed by atoms with Crippen LogP contribution in [0.2, 0.25) is 0 Å². The monoisotopic (exact) mass is 412 g/mol. The van der Waals surface area contributed by atoms with E-state index in [1.807, 2.05) is 11.4 Å². The molecule has 0 radical (unpaired) electrons. The molecular formula is C25H28N6. The molecule has 2 aromatic heterocycles. The number of piperazine rings is 1. The highest BCUT2D eigenvalue weighted by Crippen LogP contribution is 2.26. The van der Waals surface area contributed by atoms with Crippen LogP contribution in [0.1, 0.15) is 23.7 Å². The summed E-state index contributed by atoms with van der Waals surface area (Å²) in [5.41, 5.74) is 5.79. The fourth-order valence-corrected chi connectivity index (χ4v) is 4.37. The standard InChI is InChI=1S/C25H28N6/c1-17-8-10-21(11-9-17)24-27-25-26-19(3)15-23(31(25)28-24)29-12-13-30(20(4)16-29)22-7-5-6-18(2)14-22/h5-11,14-15,20H,12-13,16H2,1-4H3. The Labute approximate surface area is 183 Å². The van der Waals surface area contributed by atoms with Crippen LogP contribution in [0.5, 0.6) is 0 Å². The summed E-state index contributed by atoms with van der Waals surface area (Å²) in [6, 6.07) is 19.6. The van der Waals surface area contributed by atoms with Crippen LogP contribution < -0.4 is 9.80 Å². The average Bonchev–Trinajstić information content (AvgIpc) is 3.17. The first-order valence-electron chi connectivity index (χ1n) is 10.9. The van der Waals surface area contributed by atoms with Gasteiger partial charge in [-0.2, -0.15) is 9.50 Å². The number of aryl methyl sites for hydroxylation is 3. The summed E-state index contributed by atoms with van der Waals surface area (Å²) < 4.78 is 1.90. The third-order valence-electron chi connectivity index (χ3n) is 6.02. The number of hydrogen-bond acceptors (Lipinski definition) is 5. The van der Waals surface area contributed by atoms with Crippen LogP contribution >= 0.6 is 0 Å². The number of fused-ring (bicyclic) bond motifs is 1. The maximum absolute atomic E-state index is 4.83. The highest BCUT2D eigenvalue weighted by Gasteiger charge is 2.26. The SMILES string of the molecule is Cc1ccc(-c2nc3nc(C)cc(N4CCN(c5cccc(C)c5)C(C)C4)n3n2)cc1. The van der Waals surface area contributed by atoms with Gasteiger partial charge in [0.25, 0.3) is 5.78 Å². The largest absolute Gasteiger partial charge is 0.365 e. The van der Waals surface area contributed by atoms with Gasteiger partial charge in [0.1, 0.15) is 5.82 Å². The molecule has 4 aromatic rings. The van der Waals surface area contributed by atoms with E-state index in [0.29, 0.717) is 17.6 Å². The van der Waals surface area contributed by atoms with Gasteiger partial charge in [-0.3, -0.25) is 0 Å². The van der Waals surface area contributed by atoms with Crippen LogP contribution in [0, 0.1) is 20.8 Å². The van der Waals surface area contributed by atoms with Gasteiger partial charge >= 0.3 is 0 Å². The zero-order valence-electron chi connectivity index (χ0n) is 18.6. The van der Waals surface area contributed by atoms with E-state index in [0.717, 1.165) is 36.7 Å². The van der Waals surface area contributed by atoms with Gasteiger partial charge in [-0.1, -0.05) is 42.0 Å². The van der Waals surface area contributed by atoms with E-state index >= 15 is 0 Å². The summed E-state index contributed by atoms with van der Waals surface area (Å²) in [5, 5.41) is 4.83. The molecule has 0 bridgehead atoms. The topological polar surface area (TPSA) is 49.6 Å². The zero-order chi connectivity index (χ0) is 21.5. The summed E-state index contributed by atoms with van der Waals surface area (Å²) in [6.07, 6.45) is 0. The van der Waals surface area contributed by atoms with Crippen molar-refractivity contribution in [3.63, 3.8) is 0 Å². The summed E-state index contributed by atoms with van der Waals surface area (Å²) in [5.74, 6) is 2.43. The molecular weight excluding hydrogens is 384 g/mol. The summed E-state index contributed by atoms with van der Waals surface area (Å²) in [4.78, 5) is 14.3. The van der Waals surface area contributed by atoms with E-state index in [9.17, 15) is 0 Å². The zero-order valence-corrected chi connectivity index (χ0v) is 18.6. The van der Waals surface area contributed by atoms with Crippen LogP contribution in [0.4, 0.5) is 11.5 Å². The van der Waals surface area contributed by atoms with E-state index in [1.54, 1.807) is 0 Å². The van der Waals surface area contributed by atoms with Crippen LogP contribution in [-0.4, -0.2) is 45.3 Å². The molecule has 1 atom stereocenters. The van der Waals surface area contributed by atoms with E-state index in [4.69, 9.17) is 10.1 Å². The van der Waals surface area contributed by atoms with Gasteiger partial charge in [0.05, 0.1) is 0 Å². The van der Waals surface area contributed by atoms with Gasteiger partial charge in [-0.15, -0.1) is 5.10 Å². The third kappa shape index (κ3) is 3.74. The van der Waals surface area contributed by atoms with Crippen molar-refractivity contribution in [3.8, 4) is 11.4 Å². The first-order chi connectivity index (χ1) is 15.0. The normalized spacial score (nSPS) is 16.8. The van der Waals surface area contributed by atoms with Crippen LogP contribution in [0.3, 0.4) is 0 Å². The Morgan fingerprint density at radius 2 is 1.68 bits per heavy atom. The van der Waals surface area contributed by atoms with Gasteiger partial charge in [0.2, 0.25) is 0 Å². The number of rotatable bonds is 3. The second kappa shape index (κ2) is 7.69. The molecule has 1 fully saturated rings. The minimum atomic E-state index is 0.388. The summed E-state index contributed by atoms with van der Waals surface area (Å²) >= 11 is 0. The number of aromatic nitrogens is 4. The molecule has 1 saturated heterocycles. The van der Waals surface area contributed by atoms with Crippen molar-refractivity contribution in [2.24, 2.45) is 0 Å². The van der Waals surface area contributed by atoms with Gasteiger partial charge in [-0.25, -0.2) is 4.98 Å². The minimum Gasteiger partial charge on any atom is -0.365 e. The molecule has 0 N–H and O–H groups in total. The Morgan fingerprint density at radius 3 is 2.42 bits per heavy atom. The predicted octanol–water partition coefficient (Wildman–Crippen LogP) is 4.43. The number of anilines is 2. The highest BCUT2D eigenvalue weighted by atomic mass is 15.4. The molecule has 0 spiro atoms. The lowest BCUT2D eigenvalue weighted by atomic mass is 10.1. The fraction of sp³-hybridized carbons (Fsp3) is 0.320. The van der Waals surface area contributed by atoms with Crippen molar-refractivity contribution < 1.29 is 0 Å². The molecule has 1 aliphatic rings. The smallest absolute Gasteiger partial charge is 0.254 e. The number of nitrogens with zero attached hydrogens (tertiary/aromatic N) is 6. The predicted molar refractivity (Wildman–Crippen MR) is 126 cm³/mol. The Balaban J connectivity index is 1.47. The number of benzene rings is 2. The van der Waals surface area contributed by atoms with E-state index in [2.05, 4.69) is 90.2 Å². The lowest BCUT2D eigenvalue weighted by molar-refractivity contribution is 0.543. The molecule has 1 unspecified atom stereocenters. The van der Waals surface area contributed by atoms with Crippen molar-refractivity contribution >= 4 is 17.3 Å². The third-order valence-corrected chi connectivity index (χ3v) is 6.02. The molecule has 6 nitrogen and oxygen atoms in total. The van der Waals surface area contributed by atoms with Gasteiger partial charge in [-0.05, 0) is 45.4 Å². The van der Waals surface area contributed by atoms with Gasteiger partial charge < -0.3 is 9.80 Å². The maximum atomic E-state index is 4.83. The Bertz CT molecular complexity index is 1230. The van der Waals surface area contributed by atoms with Crippen molar-refractivity contribution in [1.82, 2.24) is 19.6 Å². The van der Waals surface area contributed by atoms with Crippen molar-refractivity contribution in [3.05, 3.63) is 71.4 Å². The molecule has 2 aromatic carbocycles. The van der Waals surface area contributed by atoms with E-state index in [1.165, 1.54) is 16.8 Å². The van der Waals surface area contributed by atoms with Gasteiger partial charge in [0.15, 0.2) is 5.82 Å². The first kappa shape index (κ1) is 19.5. The van der Waals surface area contributed by atoms with Crippen molar-refractivity contribution in [1.29, 1.82) is 0 Å². The van der Waals surface area contributed by atoms with Crippen LogP contribution in [0.25, 0.3) is 17.2 Å². The molecule has 5 rings (SSSR count). The molecule has 0 amide bonds. The highest BCUT2D eigenvalue weighted by molar-refractivity contribution is 5.60. The lowest BCUT2D eigenvalue weighted by Gasteiger charge is -2.42. The molecule has 0 aliphatic carbocycles. The quantitative estimate of drug-likeness (QED) is 0.498. The minimum absolute atomic E-state index is 0.388. The molecule has 6 heteroatoms. The maximum Gasteiger partial charge on any atom is 0.254 e. The van der Waals surface area contributed by atoms with Crippen molar-refractivity contribution in [2.45, 2.75) is 33.7 Å². The fourth-order valence-electron chi connectivity index (χ4n) is 4.37. The second-order valence-corrected chi connectivity index (χ2v) is 8.60. The Hall–Kier alpha value is -3.41. The molecule has 1 aliphatic heterocycles. The Morgan fingerprint density at radius 1 is 0.871 bits per heavy atom. The average molecular weight is 413 g/mol. The first-order valence-corrected chi connectivity index (χ1v) is 10.9. The molecule has 31 heavy (non-hydrogen) atoms. The molecule has 158 valence electrons. The molecule has 0 saturated carbocycles. The van der Waals surface area contributed by atoms with E-state index in [-0.39, 0.29) is 0 Å². The summed E-state index contributed by atoms with van der Waals surface area (Å²) in [6.45, 7) is 11.4. The summed E-state index contributed by atoms with van der Waals surface area (Å²) in [7, 11) is 0. The van der Waals surface area contributed by atoms with Gasteiger partial charge in [0, 0.05) is 48.7 Å². The van der Waals surface area contributed by atoms with E-state index < -0.39 is 0 Å². The second-order valence-electron chi connectivity index (χ2n) is 8.60. The van der Waals surface area contributed by atoms with Crippen molar-refractivity contribution in [2.75, 3.05) is 29.4 Å². The molecule has 3 heterocycles. The lowest BCUT2D eigenvalue weighted by Crippen LogP contribution is -2.52. The van der Waals surface area contributed by atoms with Crippen LogP contribution in [0.15, 0.2) is 54.6 Å². The Kier molecular flexibility index (Phi) is 4.85. The van der Waals surface area contributed by atoms with Crippen LogP contribution in [-0.2, 0) is 0 Å². The number of hydrogen-bond donors (Lipinski definition) is 0.